The number of carbonyl (C=O) groups excluding carboxylic acids is 1. The smallest absolute Gasteiger partial charge is 0.410 e. The van der Waals surface area contributed by atoms with Gasteiger partial charge in [-0.2, -0.15) is 0 Å². The van der Waals surface area contributed by atoms with Crippen LogP contribution in [-0.2, 0) is 22.6 Å². The van der Waals surface area contributed by atoms with Gasteiger partial charge in [0.15, 0.2) is 0 Å². The lowest BCUT2D eigenvalue weighted by atomic mass is 10.1. The Bertz CT molecular complexity index is 856. The van der Waals surface area contributed by atoms with Crippen LogP contribution in [-0.4, -0.2) is 32.9 Å². The zero-order valence-electron chi connectivity index (χ0n) is 18.8. The molecule has 30 heavy (non-hydrogen) atoms. The minimum Gasteiger partial charge on any atom is -0.598 e. The summed E-state index contributed by atoms with van der Waals surface area (Å²) in [4.78, 5) is 15.8. The van der Waals surface area contributed by atoms with Crippen molar-refractivity contribution >= 4 is 28.8 Å². The quantitative estimate of drug-likeness (QED) is 0.487. The molecule has 0 bridgehead atoms. The van der Waals surface area contributed by atoms with Crippen molar-refractivity contribution in [2.45, 2.75) is 64.6 Å². The van der Waals surface area contributed by atoms with E-state index in [1.54, 1.807) is 23.3 Å². The van der Waals surface area contributed by atoms with Crippen LogP contribution in [0.4, 0.5) is 4.79 Å². The number of hydrogen-bond acceptors (Lipinski definition) is 6. The summed E-state index contributed by atoms with van der Waals surface area (Å²) < 4.78 is 20.4. The Hall–Kier alpha value is -1.58. The average molecular weight is 452 g/mol. The third-order valence-electron chi connectivity index (χ3n) is 4.12. The summed E-state index contributed by atoms with van der Waals surface area (Å²) in [7, 11) is 1.73. The number of thiophene rings is 1. The van der Waals surface area contributed by atoms with Gasteiger partial charge in [-0.15, -0.1) is 16.1 Å². The van der Waals surface area contributed by atoms with Crippen molar-refractivity contribution in [2.75, 3.05) is 7.05 Å². The van der Waals surface area contributed by atoms with Crippen LogP contribution in [0, 0.1) is 0 Å². The van der Waals surface area contributed by atoms with E-state index in [4.69, 9.17) is 10.5 Å². The second kappa shape index (κ2) is 9.70. The summed E-state index contributed by atoms with van der Waals surface area (Å²) in [6, 6.07) is 11.9. The molecule has 0 aliphatic rings. The zero-order chi connectivity index (χ0) is 22.7. The van der Waals surface area contributed by atoms with Gasteiger partial charge in [-0.1, -0.05) is 24.3 Å². The highest BCUT2D eigenvalue weighted by Crippen LogP contribution is 2.33. The third-order valence-corrected chi connectivity index (χ3v) is 6.90. The lowest BCUT2D eigenvalue weighted by Gasteiger charge is -2.26. The molecule has 1 aromatic heterocycles. The first kappa shape index (κ1) is 24.7. The van der Waals surface area contributed by atoms with Gasteiger partial charge in [-0.05, 0) is 64.8 Å². The Morgan fingerprint density at radius 2 is 1.83 bits per heavy atom. The van der Waals surface area contributed by atoms with Gasteiger partial charge in [-0.25, -0.2) is 4.79 Å². The highest BCUT2D eigenvalue weighted by atomic mass is 32.2. The molecule has 0 radical (unpaired) electrons. The molecule has 0 aliphatic heterocycles. The fraction of sp³-hybridized carbons (Fsp3) is 0.500. The Labute approximate surface area is 187 Å². The van der Waals surface area contributed by atoms with Crippen LogP contribution >= 0.6 is 11.3 Å². The normalized spacial score (nSPS) is 14.3. The molecule has 2 aromatic rings. The topological polar surface area (TPSA) is 90.6 Å². The van der Waals surface area contributed by atoms with Gasteiger partial charge in [0.1, 0.15) is 16.5 Å². The van der Waals surface area contributed by atoms with E-state index < -0.39 is 27.9 Å². The lowest BCUT2D eigenvalue weighted by molar-refractivity contribution is 0.0285. The van der Waals surface area contributed by atoms with E-state index in [2.05, 4.69) is 4.72 Å². The maximum absolute atomic E-state index is 12.3. The standard InChI is InChI=1S/C22H33N3O3S2/c1-21(2,3)28-20(26)25(7)14-15-10-8-9-11-16(15)17-12-13-18(29-17)19(23)24-30(27)22(4,5)6/h8-13,19,24H,14,23H2,1-7H3/t19-,30?/m0/s1. The van der Waals surface area contributed by atoms with Gasteiger partial charge in [-0.3, -0.25) is 0 Å². The second-order valence-electron chi connectivity index (χ2n) is 9.17. The van der Waals surface area contributed by atoms with Crippen molar-refractivity contribution in [3.05, 3.63) is 46.8 Å². The van der Waals surface area contributed by atoms with Gasteiger partial charge in [0.05, 0.1) is 0 Å². The van der Waals surface area contributed by atoms with Gasteiger partial charge >= 0.3 is 6.09 Å². The molecule has 2 atom stereocenters. The highest BCUT2D eigenvalue weighted by Gasteiger charge is 2.29. The summed E-state index contributed by atoms with van der Waals surface area (Å²) >= 11 is 0.294. The molecule has 3 N–H and O–H groups in total. The molecular formula is C22H33N3O3S2. The molecule has 1 amide bonds. The Morgan fingerprint density at radius 3 is 2.43 bits per heavy atom. The number of nitrogens with two attached hydrogens (primary N) is 1. The van der Waals surface area contributed by atoms with Gasteiger partial charge in [0.2, 0.25) is 0 Å². The predicted octanol–water partition coefficient (Wildman–Crippen LogP) is 4.79. The van der Waals surface area contributed by atoms with Crippen molar-refractivity contribution in [1.29, 1.82) is 0 Å². The van der Waals surface area contributed by atoms with E-state index in [9.17, 15) is 9.35 Å². The van der Waals surface area contributed by atoms with E-state index in [-0.39, 0.29) is 6.09 Å². The fourth-order valence-electron chi connectivity index (χ4n) is 2.57. The molecule has 1 aromatic carbocycles. The van der Waals surface area contributed by atoms with Crippen LogP contribution in [0.2, 0.25) is 0 Å². The van der Waals surface area contributed by atoms with Crippen molar-refractivity contribution in [1.82, 2.24) is 9.62 Å². The van der Waals surface area contributed by atoms with Crippen LogP contribution in [0.5, 0.6) is 0 Å². The third kappa shape index (κ3) is 6.99. The molecule has 1 unspecified atom stereocenters. The fourth-order valence-corrected chi connectivity index (χ4v) is 4.38. The van der Waals surface area contributed by atoms with Crippen LogP contribution in [0.3, 0.4) is 0 Å². The van der Waals surface area contributed by atoms with E-state index >= 15 is 0 Å². The maximum Gasteiger partial charge on any atom is 0.410 e. The minimum atomic E-state index is -1.26. The van der Waals surface area contributed by atoms with Crippen molar-refractivity contribution in [3.63, 3.8) is 0 Å². The van der Waals surface area contributed by atoms with E-state index in [0.717, 1.165) is 20.9 Å². The van der Waals surface area contributed by atoms with Gasteiger partial charge in [0, 0.05) is 34.7 Å². The monoisotopic (exact) mass is 451 g/mol. The molecule has 0 fully saturated rings. The summed E-state index contributed by atoms with van der Waals surface area (Å²) in [5, 5.41) is 0. The first-order chi connectivity index (χ1) is 13.8. The first-order valence-corrected chi connectivity index (χ1v) is 11.8. The van der Waals surface area contributed by atoms with Crippen LogP contribution in [0.25, 0.3) is 10.4 Å². The van der Waals surface area contributed by atoms with Crippen molar-refractivity contribution < 1.29 is 14.1 Å². The highest BCUT2D eigenvalue weighted by molar-refractivity contribution is 7.90. The Kier molecular flexibility index (Phi) is 7.98. The Morgan fingerprint density at radius 1 is 1.20 bits per heavy atom. The molecule has 0 spiro atoms. The molecule has 8 heteroatoms. The zero-order valence-corrected chi connectivity index (χ0v) is 20.4. The molecule has 1 heterocycles. The summed E-state index contributed by atoms with van der Waals surface area (Å²) in [5.74, 6) is 0. The van der Waals surface area contributed by atoms with Crippen LogP contribution < -0.4 is 10.5 Å². The number of ether oxygens (including phenoxy) is 1. The molecule has 2 rings (SSSR count). The number of hydrogen-bond donors (Lipinski definition) is 2. The number of amides is 1. The van der Waals surface area contributed by atoms with Crippen LogP contribution in [0.15, 0.2) is 36.4 Å². The summed E-state index contributed by atoms with van der Waals surface area (Å²) in [5.41, 5.74) is 7.75. The largest absolute Gasteiger partial charge is 0.598 e. The second-order valence-corrected chi connectivity index (χ2v) is 12.3. The molecular weight excluding hydrogens is 418 g/mol. The number of nitrogens with one attached hydrogen (secondary N) is 1. The maximum atomic E-state index is 12.3. The molecule has 166 valence electrons. The SMILES string of the molecule is CN(Cc1ccccc1-c1ccc([C@@H](N)N[S+]([O-])C(C)(C)C)s1)C(=O)OC(C)(C)C. The number of nitrogens with zero attached hydrogens (tertiary/aromatic N) is 1. The van der Waals surface area contributed by atoms with E-state index in [1.165, 1.54) is 0 Å². The predicted molar refractivity (Wildman–Crippen MR) is 125 cm³/mol. The van der Waals surface area contributed by atoms with Crippen LogP contribution in [0.1, 0.15) is 58.1 Å². The number of benzene rings is 1. The minimum absolute atomic E-state index is 0.361. The summed E-state index contributed by atoms with van der Waals surface area (Å²) in [6.07, 6.45) is -0.875. The van der Waals surface area contributed by atoms with Gasteiger partial charge < -0.3 is 19.9 Å². The molecule has 0 saturated carbocycles. The van der Waals surface area contributed by atoms with E-state index in [0.29, 0.717) is 6.54 Å². The van der Waals surface area contributed by atoms with Gasteiger partial charge in [0.25, 0.3) is 0 Å². The molecule has 0 aliphatic carbocycles. The Balaban J connectivity index is 2.17. The summed E-state index contributed by atoms with van der Waals surface area (Å²) in [6.45, 7) is 11.7. The average Bonchev–Trinajstić information content (AvgIpc) is 3.09. The molecule has 6 nitrogen and oxygen atoms in total. The van der Waals surface area contributed by atoms with Crippen molar-refractivity contribution in [2.24, 2.45) is 5.73 Å². The number of rotatable bonds is 6. The first-order valence-electron chi connectivity index (χ1n) is 9.83. The molecule has 0 saturated heterocycles. The van der Waals surface area contributed by atoms with E-state index in [1.807, 2.05) is 77.9 Å². The van der Waals surface area contributed by atoms with Crippen molar-refractivity contribution in [3.8, 4) is 10.4 Å². The number of carbonyl (C=O) groups is 1. The lowest BCUT2D eigenvalue weighted by Crippen LogP contribution is -2.43.